The summed E-state index contributed by atoms with van der Waals surface area (Å²) in [5.74, 6) is -2.78. The number of fused-ring (bicyclic) bond motifs is 2. The van der Waals surface area contributed by atoms with E-state index in [4.69, 9.17) is 25.9 Å². The van der Waals surface area contributed by atoms with Crippen LogP contribution in [0.3, 0.4) is 0 Å². The maximum Gasteiger partial charge on any atom is 0.277 e. The Bertz CT molecular complexity index is 3020. The molecule has 1 saturated heterocycles. The number of imidazole rings is 2. The zero-order valence-electron chi connectivity index (χ0n) is 37.8. The Morgan fingerprint density at radius 2 is 1.50 bits per heavy atom. The number of thiol groups is 1. The Morgan fingerprint density at radius 3 is 2.04 bits per heavy atom. The average molecular weight is 968 g/mol. The molecule has 356 valence electrons. The minimum Gasteiger partial charge on any atom is -0.494 e. The van der Waals surface area contributed by atoms with Gasteiger partial charge in [-0.2, -0.15) is 22.1 Å². The van der Waals surface area contributed by atoms with Crippen LogP contribution in [-0.2, 0) is 34.0 Å². The molecule has 7 rings (SSSR count). The van der Waals surface area contributed by atoms with Gasteiger partial charge in [0.15, 0.2) is 0 Å². The number of aromatic nitrogens is 7. The highest BCUT2D eigenvalue weighted by Crippen LogP contribution is 2.33. The summed E-state index contributed by atoms with van der Waals surface area (Å²) in [6, 6.07) is 9.25. The first-order valence-corrected chi connectivity index (χ1v) is 22.6. The molecule has 1 fully saturated rings. The largest absolute Gasteiger partial charge is 0.494 e. The highest BCUT2D eigenvalue weighted by molar-refractivity contribution is 7.81. The maximum absolute atomic E-state index is 13.7. The molecular weight excluding hydrogens is 919 g/mol. The summed E-state index contributed by atoms with van der Waals surface area (Å²) >= 11 is 5.30. The van der Waals surface area contributed by atoms with E-state index in [1.54, 1.807) is 52.1 Å². The Labute approximate surface area is 398 Å². The van der Waals surface area contributed by atoms with Gasteiger partial charge in [-0.1, -0.05) is 12.2 Å². The van der Waals surface area contributed by atoms with Gasteiger partial charge < -0.3 is 35.0 Å². The van der Waals surface area contributed by atoms with Gasteiger partial charge in [0.2, 0.25) is 41.4 Å². The van der Waals surface area contributed by atoms with Crippen LogP contribution in [0.2, 0.25) is 0 Å². The molecule has 24 heteroatoms. The number of amides is 7. The fourth-order valence-electron chi connectivity index (χ4n) is 7.60. The van der Waals surface area contributed by atoms with Crippen LogP contribution in [0.4, 0.5) is 11.9 Å². The van der Waals surface area contributed by atoms with E-state index in [1.807, 2.05) is 13.8 Å². The first-order chi connectivity index (χ1) is 32.5. The van der Waals surface area contributed by atoms with Crippen molar-refractivity contribution in [1.82, 2.24) is 43.1 Å². The third-order valence-corrected chi connectivity index (χ3v) is 12.1. The van der Waals surface area contributed by atoms with Crippen molar-refractivity contribution < 1.29 is 43.0 Å². The molecular formula is C44H49N13O9S2. The number of benzene rings is 2. The van der Waals surface area contributed by atoms with Crippen LogP contribution in [-0.4, -0.2) is 124 Å². The van der Waals surface area contributed by atoms with Gasteiger partial charge in [-0.15, -0.1) is 0 Å². The van der Waals surface area contributed by atoms with Crippen LogP contribution < -0.4 is 31.6 Å². The lowest BCUT2D eigenvalue weighted by Crippen LogP contribution is -2.36. The molecule has 0 bridgehead atoms. The van der Waals surface area contributed by atoms with Gasteiger partial charge in [-0.3, -0.25) is 53.8 Å². The molecule has 1 unspecified atom stereocenters. The number of allylic oxidation sites excluding steroid dienone is 2. The third kappa shape index (κ3) is 10.3. The van der Waals surface area contributed by atoms with E-state index in [0.29, 0.717) is 40.9 Å². The summed E-state index contributed by atoms with van der Waals surface area (Å²) in [6.07, 6.45) is 3.86. The molecule has 0 aliphatic carbocycles. The molecule has 7 amide bonds. The predicted octanol–water partition coefficient (Wildman–Crippen LogP) is 3.32. The second-order valence-corrected chi connectivity index (χ2v) is 17.4. The van der Waals surface area contributed by atoms with E-state index in [0.717, 1.165) is 21.3 Å². The maximum atomic E-state index is 13.7. The minimum atomic E-state index is -0.748. The molecule has 1 aliphatic heterocycles. The van der Waals surface area contributed by atoms with E-state index in [9.17, 15) is 33.6 Å². The van der Waals surface area contributed by atoms with Gasteiger partial charge in [0, 0.05) is 68.6 Å². The summed E-state index contributed by atoms with van der Waals surface area (Å²) < 4.78 is 21.1. The van der Waals surface area contributed by atoms with Gasteiger partial charge in [-0.05, 0) is 75.1 Å². The number of imide groups is 1. The number of primary amides is 2. The molecule has 6 aromatic rings. The Balaban J connectivity index is 1.17. The van der Waals surface area contributed by atoms with Crippen molar-refractivity contribution in [3.8, 4) is 11.5 Å². The van der Waals surface area contributed by atoms with Crippen molar-refractivity contribution in [1.29, 1.82) is 0 Å². The van der Waals surface area contributed by atoms with Crippen molar-refractivity contribution in [3.63, 3.8) is 0 Å². The van der Waals surface area contributed by atoms with Gasteiger partial charge >= 0.3 is 0 Å². The van der Waals surface area contributed by atoms with E-state index in [1.165, 1.54) is 36.3 Å². The van der Waals surface area contributed by atoms with E-state index in [-0.39, 0.29) is 103 Å². The number of hydrogen-bond donors (Lipinski definition) is 5. The Morgan fingerprint density at radius 1 is 0.897 bits per heavy atom. The van der Waals surface area contributed by atoms with E-state index in [2.05, 4.69) is 37.7 Å². The molecule has 0 spiro atoms. The SMILES string of the molecule is CCn1nc(C)cc1C(=O)Nc1nc2cc(C(N)=O)cc(OC)c2n1C/C=C/Cn1c(NC(=O)c2cc(C)sn2)nc2cc(C(N)=O)cc(OCCCN(C)C(=O)CCN3C(=O)CC(S)C3=O)c21. The normalized spacial score (nSPS) is 13.8. The van der Waals surface area contributed by atoms with E-state index < -0.39 is 34.8 Å². The number of aryl methyl sites for hydroxylation is 3. The van der Waals surface area contributed by atoms with Crippen LogP contribution in [0, 0.1) is 13.8 Å². The molecule has 5 heterocycles. The second kappa shape index (κ2) is 20.5. The standard InChI is InChI=1S/C44H49N13O9S2/c1-6-57-30(16-23(2)51-57)41(63)50-44-47-27-18-25(38(45)60)20-31(65-5)36(27)55(44)12-7-8-13-56-37-28(48-43(56)49-40(62)29-17-24(3)68-52-29)19-26(39(46)61)21-32(37)66-15-9-11-53(4)34(58)10-14-54-35(59)22-33(67)42(54)64/h7-8,16-21,33,67H,6,9-15,22H2,1-5H3,(H2,45,60)(H2,46,61)(H,47,50,63)(H,48,49,62)/b8-7+. The Hall–Kier alpha value is -7.60. The topological polar surface area (TPSA) is 287 Å². The fraction of sp³-hybridized carbons (Fsp3) is 0.341. The van der Waals surface area contributed by atoms with Gasteiger partial charge in [-0.25, -0.2) is 9.97 Å². The van der Waals surface area contributed by atoms with Crippen molar-refractivity contribution >= 4 is 99.5 Å². The fourth-order valence-corrected chi connectivity index (χ4v) is 8.44. The monoisotopic (exact) mass is 967 g/mol. The molecule has 0 saturated carbocycles. The van der Waals surface area contributed by atoms with Crippen molar-refractivity contribution in [2.45, 2.75) is 64.9 Å². The van der Waals surface area contributed by atoms with Crippen LogP contribution in [0.25, 0.3) is 22.1 Å². The lowest BCUT2D eigenvalue weighted by Gasteiger charge is -2.20. The predicted molar refractivity (Wildman–Crippen MR) is 254 cm³/mol. The number of methoxy groups -OCH3 is 1. The van der Waals surface area contributed by atoms with Crippen LogP contribution >= 0.6 is 24.2 Å². The number of nitrogens with one attached hydrogen (secondary N) is 2. The summed E-state index contributed by atoms with van der Waals surface area (Å²) in [6.45, 7) is 6.38. The van der Waals surface area contributed by atoms with Crippen molar-refractivity contribution in [2.75, 3.05) is 44.5 Å². The lowest BCUT2D eigenvalue weighted by molar-refractivity contribution is -0.139. The highest BCUT2D eigenvalue weighted by atomic mass is 32.1. The quantitative estimate of drug-likeness (QED) is 0.0318. The van der Waals surface area contributed by atoms with Crippen LogP contribution in [0.1, 0.15) is 78.5 Å². The second-order valence-electron chi connectivity index (χ2n) is 15.8. The average Bonchev–Trinajstić information content (AvgIpc) is 4.12. The molecule has 0 radical (unpaired) electrons. The first-order valence-electron chi connectivity index (χ1n) is 21.3. The molecule has 2 aromatic carbocycles. The smallest absolute Gasteiger partial charge is 0.277 e. The highest BCUT2D eigenvalue weighted by Gasteiger charge is 2.36. The number of rotatable bonds is 20. The lowest BCUT2D eigenvalue weighted by atomic mass is 10.1. The number of carbonyl (C=O) groups excluding carboxylic acids is 7. The summed E-state index contributed by atoms with van der Waals surface area (Å²) in [5.41, 5.74) is 14.2. The number of ether oxygens (including phenoxy) is 2. The number of anilines is 2. The van der Waals surface area contributed by atoms with Crippen molar-refractivity contribution in [2.24, 2.45) is 11.5 Å². The number of hydrogen-bond acceptors (Lipinski definition) is 15. The molecule has 1 atom stereocenters. The van der Waals surface area contributed by atoms with Crippen LogP contribution in [0.15, 0.2) is 48.6 Å². The molecule has 4 aromatic heterocycles. The molecule has 22 nitrogen and oxygen atoms in total. The number of nitrogens with two attached hydrogens (primary N) is 2. The summed E-state index contributed by atoms with van der Waals surface area (Å²) in [5, 5.41) is 9.41. The van der Waals surface area contributed by atoms with Gasteiger partial charge in [0.1, 0.15) is 33.9 Å². The third-order valence-electron chi connectivity index (χ3n) is 11.0. The Kier molecular flexibility index (Phi) is 14.6. The number of nitrogens with zero attached hydrogens (tertiary/aromatic N) is 9. The number of likely N-dealkylation sites (tertiary alicyclic amines) is 1. The molecule has 6 N–H and O–H groups in total. The molecule has 68 heavy (non-hydrogen) atoms. The summed E-state index contributed by atoms with van der Waals surface area (Å²) in [4.78, 5) is 102. The van der Waals surface area contributed by atoms with Crippen molar-refractivity contribution in [3.05, 3.63) is 81.6 Å². The minimum absolute atomic E-state index is 0.00240. The molecule has 1 aliphatic rings. The first kappa shape index (κ1) is 48.3. The number of carbonyl (C=O) groups is 7. The van der Waals surface area contributed by atoms with Crippen LogP contribution in [0.5, 0.6) is 11.5 Å². The zero-order valence-corrected chi connectivity index (χ0v) is 39.5. The van der Waals surface area contributed by atoms with Gasteiger partial charge in [0.05, 0.1) is 35.7 Å². The van der Waals surface area contributed by atoms with Gasteiger partial charge in [0.25, 0.3) is 11.8 Å². The summed E-state index contributed by atoms with van der Waals surface area (Å²) in [7, 11) is 3.04. The van der Waals surface area contributed by atoms with E-state index >= 15 is 0 Å². The zero-order chi connectivity index (χ0) is 49.0.